The molecule has 6 nitrogen and oxygen atoms in total. The van der Waals surface area contributed by atoms with E-state index in [0.717, 1.165) is 29.9 Å². The molecular weight excluding hydrogens is 332 g/mol. The van der Waals surface area contributed by atoms with Crippen LogP contribution in [-0.2, 0) is 15.1 Å². The van der Waals surface area contributed by atoms with E-state index in [1.807, 2.05) is 0 Å². The Morgan fingerprint density at radius 3 is 2.60 bits per heavy atom. The molecule has 1 heterocycles. The summed E-state index contributed by atoms with van der Waals surface area (Å²) in [5.74, 6) is -2.68. The van der Waals surface area contributed by atoms with Gasteiger partial charge >= 0.3 is 6.03 Å². The van der Waals surface area contributed by atoms with Crippen molar-refractivity contribution in [3.63, 3.8) is 0 Å². The number of urea groups is 1. The maximum absolute atomic E-state index is 13.5. The Balaban J connectivity index is 1.76. The zero-order chi connectivity index (χ0) is 18.4. The molecule has 0 aromatic heterocycles. The van der Waals surface area contributed by atoms with E-state index in [2.05, 4.69) is 5.32 Å². The number of benzene rings is 1. The first-order chi connectivity index (χ1) is 11.7. The van der Waals surface area contributed by atoms with Gasteiger partial charge in [-0.2, -0.15) is 0 Å². The highest BCUT2D eigenvalue weighted by molar-refractivity contribution is 6.09. The summed E-state index contributed by atoms with van der Waals surface area (Å²) < 4.78 is 26.6. The molecule has 1 atom stereocenters. The van der Waals surface area contributed by atoms with Gasteiger partial charge in [-0.15, -0.1) is 0 Å². The average Bonchev–Trinajstić information content (AvgIpc) is 3.34. The Morgan fingerprint density at radius 1 is 1.32 bits per heavy atom. The SMILES string of the molecule is CN(CC1CC1)C(=O)CN1C(=O)NC(C)(c2ccc(F)c(F)c2)C1=O. The quantitative estimate of drug-likeness (QED) is 0.820. The Morgan fingerprint density at radius 2 is 2.00 bits per heavy atom. The lowest BCUT2D eigenvalue weighted by molar-refractivity contribution is -0.138. The third-order valence-corrected chi connectivity index (χ3v) is 4.72. The van der Waals surface area contributed by atoms with Gasteiger partial charge in [-0.1, -0.05) is 6.07 Å². The highest BCUT2D eigenvalue weighted by Gasteiger charge is 2.50. The number of hydrogen-bond acceptors (Lipinski definition) is 3. The van der Waals surface area contributed by atoms with Crippen molar-refractivity contribution in [2.24, 2.45) is 5.92 Å². The van der Waals surface area contributed by atoms with Gasteiger partial charge < -0.3 is 10.2 Å². The van der Waals surface area contributed by atoms with E-state index in [0.29, 0.717) is 12.5 Å². The zero-order valence-electron chi connectivity index (χ0n) is 14.0. The van der Waals surface area contributed by atoms with Gasteiger partial charge in [-0.25, -0.2) is 13.6 Å². The summed E-state index contributed by atoms with van der Waals surface area (Å²) in [6.07, 6.45) is 2.16. The first kappa shape index (κ1) is 17.3. The number of carbonyl (C=O) groups is 3. The second kappa shape index (κ2) is 6.09. The minimum absolute atomic E-state index is 0.117. The number of halogens is 2. The second-order valence-corrected chi connectivity index (χ2v) is 6.79. The third kappa shape index (κ3) is 3.20. The van der Waals surface area contributed by atoms with Crippen LogP contribution in [0.3, 0.4) is 0 Å². The van der Waals surface area contributed by atoms with Gasteiger partial charge in [-0.3, -0.25) is 14.5 Å². The number of carbonyl (C=O) groups excluding carboxylic acids is 3. The molecule has 8 heteroatoms. The maximum atomic E-state index is 13.5. The number of likely N-dealkylation sites (N-methyl/N-ethyl adjacent to an activating group) is 1. The van der Waals surface area contributed by atoms with Gasteiger partial charge in [0.25, 0.3) is 5.91 Å². The van der Waals surface area contributed by atoms with Crippen LogP contribution in [0.5, 0.6) is 0 Å². The van der Waals surface area contributed by atoms with Crippen LogP contribution in [0.4, 0.5) is 13.6 Å². The van der Waals surface area contributed by atoms with E-state index in [9.17, 15) is 23.2 Å². The van der Waals surface area contributed by atoms with Crippen molar-refractivity contribution in [3.8, 4) is 0 Å². The van der Waals surface area contributed by atoms with Crippen molar-refractivity contribution < 1.29 is 23.2 Å². The first-order valence-electron chi connectivity index (χ1n) is 8.06. The van der Waals surface area contributed by atoms with Gasteiger partial charge in [0.1, 0.15) is 12.1 Å². The molecule has 1 N–H and O–H groups in total. The van der Waals surface area contributed by atoms with Crippen LogP contribution in [0, 0.1) is 17.6 Å². The van der Waals surface area contributed by atoms with E-state index in [4.69, 9.17) is 0 Å². The molecular formula is C17H19F2N3O3. The van der Waals surface area contributed by atoms with E-state index in [1.54, 1.807) is 7.05 Å². The van der Waals surface area contributed by atoms with E-state index >= 15 is 0 Å². The van der Waals surface area contributed by atoms with Crippen molar-refractivity contribution in [3.05, 3.63) is 35.4 Å². The minimum atomic E-state index is -1.54. The van der Waals surface area contributed by atoms with Gasteiger partial charge in [0.15, 0.2) is 11.6 Å². The molecule has 2 fully saturated rings. The molecule has 25 heavy (non-hydrogen) atoms. The predicted octanol–water partition coefficient (Wildman–Crippen LogP) is 1.60. The minimum Gasteiger partial charge on any atom is -0.344 e. The Kier molecular flexibility index (Phi) is 4.22. The van der Waals surface area contributed by atoms with Crippen LogP contribution in [0.2, 0.25) is 0 Å². The summed E-state index contributed by atoms with van der Waals surface area (Å²) in [5, 5.41) is 2.47. The summed E-state index contributed by atoms with van der Waals surface area (Å²) in [6.45, 7) is 1.62. The van der Waals surface area contributed by atoms with Gasteiger partial charge in [0, 0.05) is 13.6 Å². The number of amides is 4. The lowest BCUT2D eigenvalue weighted by atomic mass is 9.92. The molecule has 0 radical (unpaired) electrons. The predicted molar refractivity (Wildman–Crippen MR) is 84.3 cm³/mol. The van der Waals surface area contributed by atoms with Crippen LogP contribution >= 0.6 is 0 Å². The van der Waals surface area contributed by atoms with Crippen LogP contribution < -0.4 is 5.32 Å². The molecule has 1 saturated carbocycles. The molecule has 0 spiro atoms. The van der Waals surface area contributed by atoms with Crippen LogP contribution in [0.25, 0.3) is 0 Å². The fraction of sp³-hybridized carbons (Fsp3) is 0.471. The monoisotopic (exact) mass is 351 g/mol. The molecule has 134 valence electrons. The average molecular weight is 351 g/mol. The highest BCUT2D eigenvalue weighted by atomic mass is 19.2. The largest absolute Gasteiger partial charge is 0.344 e. The van der Waals surface area contributed by atoms with Crippen molar-refractivity contribution in [2.75, 3.05) is 20.1 Å². The third-order valence-electron chi connectivity index (χ3n) is 4.72. The molecule has 1 unspecified atom stereocenters. The maximum Gasteiger partial charge on any atom is 0.325 e. The fourth-order valence-electron chi connectivity index (χ4n) is 2.89. The topological polar surface area (TPSA) is 69.7 Å². The second-order valence-electron chi connectivity index (χ2n) is 6.79. The van der Waals surface area contributed by atoms with Crippen LogP contribution in [0.1, 0.15) is 25.3 Å². The number of hydrogen-bond donors (Lipinski definition) is 1. The number of nitrogens with zero attached hydrogens (tertiary/aromatic N) is 2. The standard InChI is InChI=1S/C17H19F2N3O3/c1-17(11-5-6-12(18)13(19)7-11)15(24)22(16(25)20-17)9-14(23)21(2)8-10-3-4-10/h5-7,10H,3-4,8-9H2,1-2H3,(H,20,25). The van der Waals surface area contributed by atoms with Gasteiger partial charge in [0.2, 0.25) is 5.91 Å². The van der Waals surface area contributed by atoms with Crippen LogP contribution in [0.15, 0.2) is 18.2 Å². The summed E-state index contributed by atoms with van der Waals surface area (Å²) in [6, 6.07) is 2.27. The van der Waals surface area contributed by atoms with Crippen molar-refractivity contribution in [1.82, 2.24) is 15.1 Å². The Labute approximate surface area is 143 Å². The van der Waals surface area contributed by atoms with Crippen molar-refractivity contribution in [1.29, 1.82) is 0 Å². The molecule has 1 aliphatic heterocycles. The zero-order valence-corrected chi connectivity index (χ0v) is 14.0. The normalized spacial score (nSPS) is 23.0. The Bertz CT molecular complexity index is 751. The number of nitrogens with one attached hydrogen (secondary N) is 1. The lowest BCUT2D eigenvalue weighted by Gasteiger charge is -2.23. The Hall–Kier alpha value is -2.51. The molecule has 1 aromatic rings. The molecule has 2 aliphatic rings. The molecule has 4 amide bonds. The molecule has 3 rings (SSSR count). The van der Waals surface area contributed by atoms with Gasteiger partial charge in [-0.05, 0) is 43.4 Å². The molecule has 1 aliphatic carbocycles. The summed E-state index contributed by atoms with van der Waals surface area (Å²) in [5.41, 5.74) is -1.42. The van der Waals surface area contributed by atoms with Crippen molar-refractivity contribution >= 4 is 17.8 Å². The number of rotatable bonds is 5. The smallest absolute Gasteiger partial charge is 0.325 e. The summed E-state index contributed by atoms with van der Waals surface area (Å²) in [4.78, 5) is 39.4. The highest BCUT2D eigenvalue weighted by Crippen LogP contribution is 2.31. The van der Waals surface area contributed by atoms with Gasteiger partial charge in [0.05, 0.1) is 0 Å². The molecule has 1 aromatic carbocycles. The van der Waals surface area contributed by atoms with E-state index < -0.39 is 29.1 Å². The molecule has 1 saturated heterocycles. The number of imide groups is 1. The van der Waals surface area contributed by atoms with Crippen molar-refractivity contribution in [2.45, 2.75) is 25.3 Å². The van der Waals surface area contributed by atoms with E-state index in [1.165, 1.54) is 17.9 Å². The summed E-state index contributed by atoms with van der Waals surface area (Å²) >= 11 is 0. The summed E-state index contributed by atoms with van der Waals surface area (Å²) in [7, 11) is 1.63. The van der Waals surface area contributed by atoms with E-state index in [-0.39, 0.29) is 18.0 Å². The molecule has 0 bridgehead atoms. The fourth-order valence-corrected chi connectivity index (χ4v) is 2.89. The lowest BCUT2D eigenvalue weighted by Crippen LogP contribution is -2.44. The van der Waals surface area contributed by atoms with Crippen LogP contribution in [-0.4, -0.2) is 47.8 Å². The first-order valence-corrected chi connectivity index (χ1v) is 8.06.